The zero-order valence-corrected chi connectivity index (χ0v) is 6.14. The molecule has 44 valence electrons. The molecule has 5 heteroatoms. The topological polar surface area (TPSA) is 0 Å². The van der Waals surface area contributed by atoms with Crippen LogP contribution in [0.15, 0.2) is 0 Å². The molecule has 0 amide bonds. The number of hydrogen-bond donors (Lipinski definition) is 0. The van der Waals surface area contributed by atoms with Crippen molar-refractivity contribution in [3.05, 3.63) is 0 Å². The summed E-state index contributed by atoms with van der Waals surface area (Å²) in [5.41, 5.74) is 0. The fourth-order valence-corrected chi connectivity index (χ4v) is 0. The zero-order valence-electron chi connectivity index (χ0n) is 2.97. The lowest BCUT2D eigenvalue weighted by Gasteiger charge is -2.04. The molecule has 0 saturated heterocycles. The molecule has 0 fully saturated rings. The van der Waals surface area contributed by atoms with E-state index in [2.05, 4.69) is 0 Å². The Hall–Kier alpha value is 0.750. The molecule has 0 rings (SSSR count). The van der Waals surface area contributed by atoms with Crippen LogP contribution in [-0.4, -0.2) is 9.91 Å². The van der Waals surface area contributed by atoms with Gasteiger partial charge in [0.2, 0.25) is 5.08 Å². The Balaban J connectivity index is 3.54. The van der Waals surface area contributed by atoms with Crippen molar-refractivity contribution in [3.63, 3.8) is 0 Å². The van der Waals surface area contributed by atoms with Crippen molar-refractivity contribution in [1.29, 1.82) is 0 Å². The highest BCUT2D eigenvalue weighted by Crippen LogP contribution is 2.31. The molecular formula is C2HBr2F3. The van der Waals surface area contributed by atoms with Crippen molar-refractivity contribution in [2.75, 3.05) is 0 Å². The van der Waals surface area contributed by atoms with Crippen molar-refractivity contribution < 1.29 is 13.2 Å². The monoisotopic (exact) mass is 240 g/mol. The fraction of sp³-hybridized carbons (Fsp3) is 1.00. The molecule has 0 aliphatic rings. The van der Waals surface area contributed by atoms with Gasteiger partial charge in [-0.25, -0.2) is 4.39 Å². The maximum atomic E-state index is 11.3. The second kappa shape index (κ2) is 2.35. The van der Waals surface area contributed by atoms with E-state index < -0.39 is 9.91 Å². The molecule has 0 aromatic rings. The van der Waals surface area contributed by atoms with E-state index >= 15 is 0 Å². The smallest absolute Gasteiger partial charge is 0.227 e. The Bertz CT molecular complexity index is 56.4. The molecule has 0 spiro atoms. The minimum absolute atomic E-state index is 1.79. The first kappa shape index (κ1) is 7.75. The molecule has 0 saturated carbocycles. The summed E-state index contributed by atoms with van der Waals surface area (Å²) in [6, 6.07) is 0. The first-order valence-electron chi connectivity index (χ1n) is 1.29. The van der Waals surface area contributed by atoms with Gasteiger partial charge in [-0.2, -0.15) is 8.78 Å². The van der Waals surface area contributed by atoms with E-state index in [1.807, 2.05) is 15.9 Å². The molecule has 7 heavy (non-hydrogen) atoms. The van der Waals surface area contributed by atoms with Crippen molar-refractivity contribution in [2.24, 2.45) is 0 Å². The van der Waals surface area contributed by atoms with Crippen LogP contribution in [0.1, 0.15) is 0 Å². The molecule has 0 unspecified atom stereocenters. The Labute approximate surface area is 55.3 Å². The van der Waals surface area contributed by atoms with E-state index in [1.54, 1.807) is 15.9 Å². The van der Waals surface area contributed by atoms with Crippen LogP contribution in [0, 0.1) is 0 Å². The molecule has 0 N–H and O–H groups in total. The molecule has 0 aromatic carbocycles. The number of rotatable bonds is 1. The van der Waals surface area contributed by atoms with Gasteiger partial charge >= 0.3 is 4.83 Å². The van der Waals surface area contributed by atoms with Gasteiger partial charge in [-0.3, -0.25) is 0 Å². The summed E-state index contributed by atoms with van der Waals surface area (Å²) in [7, 11) is 0. The molecule has 0 aromatic heterocycles. The normalized spacial score (nSPS) is 16.7. The third-order valence-electron chi connectivity index (χ3n) is 0.247. The van der Waals surface area contributed by atoms with Gasteiger partial charge in [-0.15, -0.1) is 0 Å². The molecule has 0 nitrogen and oxygen atoms in total. The van der Waals surface area contributed by atoms with Gasteiger partial charge < -0.3 is 0 Å². The standard InChI is InChI=1S/C2HBr2F3/c3-1(5)2(4,6)7/h1H/t1-/m1/s1. The van der Waals surface area contributed by atoms with Crippen LogP contribution in [0.5, 0.6) is 0 Å². The van der Waals surface area contributed by atoms with Gasteiger partial charge in [0.25, 0.3) is 0 Å². The molecule has 0 aliphatic carbocycles. The zero-order chi connectivity index (χ0) is 6.08. The van der Waals surface area contributed by atoms with E-state index in [1.165, 1.54) is 0 Å². The number of halogens is 5. The van der Waals surface area contributed by atoms with E-state index in [9.17, 15) is 13.2 Å². The highest BCUT2D eigenvalue weighted by Gasteiger charge is 2.34. The summed E-state index contributed by atoms with van der Waals surface area (Å²) < 4.78 is 34.0. The Morgan fingerprint density at radius 1 is 1.43 bits per heavy atom. The predicted molar refractivity (Wildman–Crippen MR) is 27.7 cm³/mol. The van der Waals surface area contributed by atoms with Crippen LogP contribution in [0.4, 0.5) is 13.2 Å². The number of alkyl halides is 5. The van der Waals surface area contributed by atoms with Gasteiger partial charge in [0, 0.05) is 0 Å². The Morgan fingerprint density at radius 2 is 1.57 bits per heavy atom. The second-order valence-corrected chi connectivity index (χ2v) is 2.70. The molecule has 0 heterocycles. The van der Waals surface area contributed by atoms with Gasteiger partial charge in [-0.1, -0.05) is 0 Å². The quantitative estimate of drug-likeness (QED) is 0.620. The maximum Gasteiger partial charge on any atom is 0.341 e. The fourth-order valence-electron chi connectivity index (χ4n) is 0. The molecule has 0 aliphatic heterocycles. The van der Waals surface area contributed by atoms with Crippen molar-refractivity contribution in [1.82, 2.24) is 0 Å². The van der Waals surface area contributed by atoms with Crippen LogP contribution in [0.2, 0.25) is 0 Å². The molecule has 0 bridgehead atoms. The van der Waals surface area contributed by atoms with Crippen molar-refractivity contribution >= 4 is 31.9 Å². The third-order valence-corrected chi connectivity index (χ3v) is 1.84. The maximum absolute atomic E-state index is 11.3. The Kier molecular flexibility index (Phi) is 2.60. The average Bonchev–Trinajstić information content (AvgIpc) is 1.31. The lowest BCUT2D eigenvalue weighted by atomic mass is 10.8. The van der Waals surface area contributed by atoms with Crippen molar-refractivity contribution in [3.8, 4) is 0 Å². The van der Waals surface area contributed by atoms with Crippen molar-refractivity contribution in [2.45, 2.75) is 9.91 Å². The Morgan fingerprint density at radius 3 is 1.57 bits per heavy atom. The van der Waals surface area contributed by atoms with Gasteiger partial charge in [-0.05, 0) is 31.9 Å². The molecule has 1 atom stereocenters. The molecule has 0 radical (unpaired) electrons. The first-order valence-corrected chi connectivity index (χ1v) is 3.00. The number of hydrogen-bond acceptors (Lipinski definition) is 0. The predicted octanol–water partition coefficient (Wildman–Crippen LogP) is 2.66. The second-order valence-electron chi connectivity index (χ2n) is 0.842. The summed E-state index contributed by atoms with van der Waals surface area (Å²) in [6.45, 7) is 0. The average molecular weight is 242 g/mol. The highest BCUT2D eigenvalue weighted by molar-refractivity contribution is 9.12. The summed E-state index contributed by atoms with van der Waals surface area (Å²) in [5.74, 6) is 0. The van der Waals surface area contributed by atoms with E-state index in [-0.39, 0.29) is 0 Å². The summed E-state index contributed by atoms with van der Waals surface area (Å²) in [5, 5.41) is -2.31. The molecular weight excluding hydrogens is 241 g/mol. The van der Waals surface area contributed by atoms with E-state index in [0.717, 1.165) is 0 Å². The van der Waals surface area contributed by atoms with Crippen LogP contribution in [0.25, 0.3) is 0 Å². The largest absolute Gasteiger partial charge is 0.341 e. The van der Waals surface area contributed by atoms with Crippen LogP contribution in [0.3, 0.4) is 0 Å². The van der Waals surface area contributed by atoms with Gasteiger partial charge in [0.15, 0.2) is 0 Å². The summed E-state index contributed by atoms with van der Waals surface area (Å²) in [6.07, 6.45) is 0. The summed E-state index contributed by atoms with van der Waals surface area (Å²) in [4.78, 5) is -3.44. The minimum atomic E-state index is -3.44. The first-order chi connectivity index (χ1) is 2.94. The van der Waals surface area contributed by atoms with E-state index in [0.29, 0.717) is 0 Å². The van der Waals surface area contributed by atoms with Gasteiger partial charge in [0.1, 0.15) is 0 Å². The summed E-state index contributed by atoms with van der Waals surface area (Å²) >= 11 is 3.82. The van der Waals surface area contributed by atoms with E-state index in [4.69, 9.17) is 0 Å². The minimum Gasteiger partial charge on any atom is -0.227 e. The van der Waals surface area contributed by atoms with Crippen LogP contribution in [-0.2, 0) is 0 Å². The lowest BCUT2D eigenvalue weighted by molar-refractivity contribution is 0.0683. The van der Waals surface area contributed by atoms with Crippen LogP contribution >= 0.6 is 31.9 Å². The third kappa shape index (κ3) is 3.34. The lowest BCUT2D eigenvalue weighted by Crippen LogP contribution is -2.14. The van der Waals surface area contributed by atoms with Crippen LogP contribution < -0.4 is 0 Å². The highest BCUT2D eigenvalue weighted by atomic mass is 79.9. The SMILES string of the molecule is F[C@@H](Br)C(F)(F)Br. The van der Waals surface area contributed by atoms with Gasteiger partial charge in [0.05, 0.1) is 0 Å².